The second kappa shape index (κ2) is 8.94. The fourth-order valence-electron chi connectivity index (χ4n) is 1.23. The number of unbranched alkanes of at least 4 members (excludes halogenated alkanes) is 2. The molecule has 0 bridgehead atoms. The summed E-state index contributed by atoms with van der Waals surface area (Å²) in [5, 5.41) is 1.22. The highest BCUT2D eigenvalue weighted by atomic mass is 32.2. The first-order valence-corrected chi connectivity index (χ1v) is 8.06. The van der Waals surface area contributed by atoms with Gasteiger partial charge in [0.1, 0.15) is 5.03 Å². The third-order valence-electron chi connectivity index (χ3n) is 2.23. The highest BCUT2D eigenvalue weighted by Gasteiger charge is 2.03. The first-order chi connectivity index (χ1) is 7.88. The molecule has 0 aliphatic rings. The number of hydrogen-bond acceptors (Lipinski definition) is 3. The number of hydrogen-bond donors (Lipinski definition) is 0. The first kappa shape index (κ1) is 13.9. The van der Waals surface area contributed by atoms with E-state index in [-0.39, 0.29) is 0 Å². The van der Waals surface area contributed by atoms with Gasteiger partial charge in [0.05, 0.1) is 0 Å². The van der Waals surface area contributed by atoms with Crippen molar-refractivity contribution >= 4 is 23.5 Å². The van der Waals surface area contributed by atoms with Crippen molar-refractivity contribution in [2.24, 2.45) is 0 Å². The predicted molar refractivity (Wildman–Crippen MR) is 75.5 cm³/mol. The summed E-state index contributed by atoms with van der Waals surface area (Å²) in [5.41, 5.74) is 0. The van der Waals surface area contributed by atoms with E-state index in [1.54, 1.807) is 0 Å². The van der Waals surface area contributed by atoms with Crippen molar-refractivity contribution in [2.75, 3.05) is 11.5 Å². The third kappa shape index (κ3) is 5.26. The fourth-order valence-corrected chi connectivity index (χ4v) is 3.56. The van der Waals surface area contributed by atoms with Crippen LogP contribution in [0, 0.1) is 0 Å². The second-order valence-corrected chi connectivity index (χ2v) is 5.93. The lowest BCUT2D eigenvalue weighted by molar-refractivity contribution is 0.889. The van der Waals surface area contributed by atoms with E-state index < -0.39 is 0 Å². The average Bonchev–Trinajstić information content (AvgIpc) is 2.32. The Kier molecular flexibility index (Phi) is 7.77. The van der Waals surface area contributed by atoms with Crippen LogP contribution >= 0.6 is 23.5 Å². The Morgan fingerprint density at radius 1 is 1.06 bits per heavy atom. The Hall–Kier alpha value is -0.150. The van der Waals surface area contributed by atoms with E-state index in [9.17, 15) is 0 Å². The molecule has 1 aromatic rings. The molecule has 0 radical (unpaired) electrons. The number of nitrogens with zero attached hydrogens (tertiary/aromatic N) is 1. The molecular formula is C13H21NS2. The van der Waals surface area contributed by atoms with Crippen LogP contribution in [0.4, 0.5) is 0 Å². The van der Waals surface area contributed by atoms with Gasteiger partial charge in [0.25, 0.3) is 0 Å². The van der Waals surface area contributed by atoms with E-state index in [0.717, 1.165) is 0 Å². The summed E-state index contributed by atoms with van der Waals surface area (Å²) in [6.45, 7) is 4.47. The normalized spacial score (nSPS) is 10.6. The van der Waals surface area contributed by atoms with Crippen LogP contribution in [0.5, 0.6) is 0 Å². The van der Waals surface area contributed by atoms with Crippen LogP contribution in [0.3, 0.4) is 0 Å². The summed E-state index contributed by atoms with van der Waals surface area (Å²) in [6.07, 6.45) is 7.00. The van der Waals surface area contributed by atoms with E-state index >= 15 is 0 Å². The molecule has 0 aliphatic carbocycles. The quantitative estimate of drug-likeness (QED) is 0.486. The zero-order chi connectivity index (χ0) is 11.6. The lowest BCUT2D eigenvalue weighted by atomic mass is 10.4. The highest BCUT2D eigenvalue weighted by molar-refractivity contribution is 8.02. The van der Waals surface area contributed by atoms with Gasteiger partial charge in [-0.1, -0.05) is 26.7 Å². The maximum atomic E-state index is 4.47. The van der Waals surface area contributed by atoms with Gasteiger partial charge in [-0.05, 0) is 36.5 Å². The van der Waals surface area contributed by atoms with Gasteiger partial charge in [-0.3, -0.25) is 0 Å². The number of thioether (sulfide) groups is 2. The van der Waals surface area contributed by atoms with E-state index in [2.05, 4.69) is 24.9 Å². The number of rotatable bonds is 8. The highest BCUT2D eigenvalue weighted by Crippen LogP contribution is 2.29. The summed E-state index contributed by atoms with van der Waals surface area (Å²) in [6, 6.07) is 4.24. The molecule has 0 N–H and O–H groups in total. The Labute approximate surface area is 108 Å². The lowest BCUT2D eigenvalue weighted by Crippen LogP contribution is -1.87. The SMILES string of the molecule is CCCCSc1cccnc1SCCCC. The van der Waals surface area contributed by atoms with Crippen LogP contribution in [-0.2, 0) is 0 Å². The minimum atomic E-state index is 1.19. The van der Waals surface area contributed by atoms with Gasteiger partial charge >= 0.3 is 0 Å². The van der Waals surface area contributed by atoms with Crippen LogP contribution in [0.1, 0.15) is 39.5 Å². The molecule has 0 fully saturated rings. The molecule has 1 heterocycles. The first-order valence-electron chi connectivity index (χ1n) is 6.09. The number of aromatic nitrogens is 1. The molecule has 0 unspecified atom stereocenters. The van der Waals surface area contributed by atoms with Crippen molar-refractivity contribution in [3.63, 3.8) is 0 Å². The van der Waals surface area contributed by atoms with Crippen molar-refractivity contribution < 1.29 is 0 Å². The third-order valence-corrected chi connectivity index (χ3v) is 4.58. The van der Waals surface area contributed by atoms with Gasteiger partial charge in [0.15, 0.2) is 0 Å². The molecule has 0 saturated heterocycles. The largest absolute Gasteiger partial charge is 0.249 e. The summed E-state index contributed by atoms with van der Waals surface area (Å²) in [4.78, 5) is 5.83. The van der Waals surface area contributed by atoms with Crippen molar-refractivity contribution in [2.45, 2.75) is 49.5 Å². The molecular weight excluding hydrogens is 234 g/mol. The molecule has 0 aromatic carbocycles. The van der Waals surface area contributed by atoms with Gasteiger partial charge in [-0.25, -0.2) is 4.98 Å². The number of pyridine rings is 1. The Morgan fingerprint density at radius 3 is 2.44 bits per heavy atom. The zero-order valence-electron chi connectivity index (χ0n) is 10.2. The van der Waals surface area contributed by atoms with Crippen LogP contribution < -0.4 is 0 Å². The summed E-state index contributed by atoms with van der Waals surface area (Å²) in [5.74, 6) is 2.40. The zero-order valence-corrected chi connectivity index (χ0v) is 11.9. The van der Waals surface area contributed by atoms with Crippen molar-refractivity contribution in [3.05, 3.63) is 18.3 Å². The van der Waals surface area contributed by atoms with Crippen molar-refractivity contribution in [1.82, 2.24) is 4.98 Å². The molecule has 0 atom stereocenters. The fraction of sp³-hybridized carbons (Fsp3) is 0.615. The Morgan fingerprint density at radius 2 is 1.75 bits per heavy atom. The Bertz CT molecular complexity index is 260. The van der Waals surface area contributed by atoms with Crippen molar-refractivity contribution in [1.29, 1.82) is 0 Å². The maximum Gasteiger partial charge on any atom is 0.110 e. The van der Waals surface area contributed by atoms with E-state index in [1.807, 2.05) is 35.8 Å². The predicted octanol–water partition coefficient (Wildman–Crippen LogP) is 4.87. The molecule has 1 rings (SSSR count). The molecule has 1 aromatic heterocycles. The molecule has 0 amide bonds. The minimum Gasteiger partial charge on any atom is -0.249 e. The van der Waals surface area contributed by atoms with Crippen molar-refractivity contribution in [3.8, 4) is 0 Å². The molecule has 90 valence electrons. The molecule has 0 saturated carbocycles. The standard InChI is InChI=1S/C13H21NS2/c1-3-5-10-15-12-8-7-9-14-13(12)16-11-6-4-2/h7-9H,3-6,10-11H2,1-2H3. The molecule has 3 heteroatoms. The van der Waals surface area contributed by atoms with Crippen LogP contribution in [0.2, 0.25) is 0 Å². The summed E-state index contributed by atoms with van der Waals surface area (Å²) >= 11 is 3.84. The van der Waals surface area contributed by atoms with Gasteiger partial charge in [0, 0.05) is 11.1 Å². The van der Waals surface area contributed by atoms with E-state index in [1.165, 1.54) is 47.1 Å². The maximum absolute atomic E-state index is 4.47. The minimum absolute atomic E-state index is 1.19. The van der Waals surface area contributed by atoms with Gasteiger partial charge in [0.2, 0.25) is 0 Å². The molecule has 16 heavy (non-hydrogen) atoms. The van der Waals surface area contributed by atoms with Crippen LogP contribution in [-0.4, -0.2) is 16.5 Å². The van der Waals surface area contributed by atoms with Gasteiger partial charge < -0.3 is 0 Å². The van der Waals surface area contributed by atoms with E-state index in [0.29, 0.717) is 0 Å². The molecule has 0 aliphatic heterocycles. The monoisotopic (exact) mass is 255 g/mol. The molecule has 0 spiro atoms. The smallest absolute Gasteiger partial charge is 0.110 e. The Balaban J connectivity index is 2.46. The van der Waals surface area contributed by atoms with Crippen LogP contribution in [0.15, 0.2) is 28.3 Å². The van der Waals surface area contributed by atoms with Gasteiger partial charge in [-0.15, -0.1) is 23.5 Å². The second-order valence-electron chi connectivity index (χ2n) is 3.71. The lowest BCUT2D eigenvalue weighted by Gasteiger charge is -2.06. The van der Waals surface area contributed by atoms with Gasteiger partial charge in [-0.2, -0.15) is 0 Å². The van der Waals surface area contributed by atoms with Crippen LogP contribution in [0.25, 0.3) is 0 Å². The summed E-state index contributed by atoms with van der Waals surface area (Å²) in [7, 11) is 0. The topological polar surface area (TPSA) is 12.9 Å². The molecule has 1 nitrogen and oxygen atoms in total. The average molecular weight is 255 g/mol. The van der Waals surface area contributed by atoms with E-state index in [4.69, 9.17) is 0 Å². The summed E-state index contributed by atoms with van der Waals surface area (Å²) < 4.78 is 0.